The maximum atomic E-state index is 12.7. The van der Waals surface area contributed by atoms with Crippen LogP contribution in [0.2, 0.25) is 0 Å². The second-order valence-corrected chi connectivity index (χ2v) is 16.7. The van der Waals surface area contributed by atoms with Gasteiger partial charge in [-0.05, 0) is 103 Å². The molecular weight excluding hydrogens is 789 g/mol. The number of carbonyl (C=O) groups excluding carboxylic acids is 2. The molecule has 0 aliphatic carbocycles. The first-order valence-electron chi connectivity index (χ1n) is 26.1. The van der Waals surface area contributed by atoms with Gasteiger partial charge in [-0.1, -0.05) is 219 Å². The number of hydrogen-bond acceptors (Lipinski definition) is 5. The number of carbonyl (C=O) groups is 2. The van der Waals surface area contributed by atoms with Gasteiger partial charge in [0.2, 0.25) is 0 Å². The van der Waals surface area contributed by atoms with Crippen LogP contribution in [0.1, 0.15) is 213 Å². The Hall–Kier alpha value is -3.70. The maximum Gasteiger partial charge on any atom is 0.306 e. The van der Waals surface area contributed by atoms with E-state index in [4.69, 9.17) is 14.2 Å². The highest BCUT2D eigenvalue weighted by Crippen LogP contribution is 2.13. The van der Waals surface area contributed by atoms with Crippen molar-refractivity contribution in [2.24, 2.45) is 0 Å². The molecule has 64 heavy (non-hydrogen) atoms. The molecule has 0 amide bonds. The minimum absolute atomic E-state index is 0.0484. The van der Waals surface area contributed by atoms with E-state index in [-0.39, 0.29) is 25.2 Å². The molecule has 0 aromatic carbocycles. The minimum atomic E-state index is -0.578. The fraction of sp³-hybridized carbons (Fsp3) is 0.627. The molecule has 0 spiro atoms. The lowest BCUT2D eigenvalue weighted by molar-refractivity contribution is -0.163. The van der Waals surface area contributed by atoms with Crippen molar-refractivity contribution in [1.29, 1.82) is 0 Å². The SMILES string of the molecule is CC/C=C\C/C=C\C/C=C\C/C=C\C/C=C\C/C=C\CCCOCC(COC(=O)CCCCCCCC/C=C\C/C=C\C/C=C\C/C=C\CC)OC(=O)CCCCCCCCCCC. The summed E-state index contributed by atoms with van der Waals surface area (Å²) in [6.07, 6.45) is 75.1. The second-order valence-electron chi connectivity index (χ2n) is 16.7. The summed E-state index contributed by atoms with van der Waals surface area (Å²) in [5.41, 5.74) is 0. The van der Waals surface area contributed by atoms with Crippen LogP contribution in [0.25, 0.3) is 0 Å². The van der Waals surface area contributed by atoms with Crippen molar-refractivity contribution in [3.63, 3.8) is 0 Å². The van der Waals surface area contributed by atoms with Crippen molar-refractivity contribution in [3.8, 4) is 0 Å². The fourth-order valence-electron chi connectivity index (χ4n) is 6.69. The van der Waals surface area contributed by atoms with E-state index in [9.17, 15) is 9.59 Å². The van der Waals surface area contributed by atoms with E-state index in [1.165, 1.54) is 57.8 Å². The molecule has 0 aliphatic rings. The fourth-order valence-corrected chi connectivity index (χ4v) is 6.69. The molecule has 0 aliphatic heterocycles. The van der Waals surface area contributed by atoms with Crippen LogP contribution >= 0.6 is 0 Å². The van der Waals surface area contributed by atoms with Crippen molar-refractivity contribution < 1.29 is 23.8 Å². The van der Waals surface area contributed by atoms with Crippen LogP contribution < -0.4 is 0 Å². The van der Waals surface area contributed by atoms with Crippen molar-refractivity contribution >= 4 is 11.9 Å². The summed E-state index contributed by atoms with van der Waals surface area (Å²) < 4.78 is 17.3. The maximum absolute atomic E-state index is 12.7. The second kappa shape index (κ2) is 53.6. The number of hydrogen-bond donors (Lipinski definition) is 0. The molecule has 0 radical (unpaired) electrons. The lowest BCUT2D eigenvalue weighted by Crippen LogP contribution is -2.30. The minimum Gasteiger partial charge on any atom is -0.462 e. The molecule has 5 heteroatoms. The summed E-state index contributed by atoms with van der Waals surface area (Å²) in [5, 5.41) is 0. The van der Waals surface area contributed by atoms with Gasteiger partial charge in [-0.15, -0.1) is 0 Å². The number of ether oxygens (including phenoxy) is 3. The number of unbranched alkanes of at least 4 members (excludes halogenated alkanes) is 15. The zero-order valence-electron chi connectivity index (χ0n) is 41.5. The van der Waals surface area contributed by atoms with Crippen LogP contribution in [0.5, 0.6) is 0 Å². The van der Waals surface area contributed by atoms with Gasteiger partial charge in [-0.25, -0.2) is 0 Å². The van der Waals surface area contributed by atoms with Crippen LogP contribution in [-0.2, 0) is 23.8 Å². The smallest absolute Gasteiger partial charge is 0.306 e. The Morgan fingerprint density at radius 1 is 0.359 bits per heavy atom. The summed E-state index contributed by atoms with van der Waals surface area (Å²) in [6.45, 7) is 7.41. The Kier molecular flexibility index (Phi) is 50.5. The molecule has 0 saturated carbocycles. The Bertz CT molecular complexity index is 1320. The molecule has 0 fully saturated rings. The molecule has 1 unspecified atom stereocenters. The van der Waals surface area contributed by atoms with E-state index in [0.717, 1.165) is 122 Å². The topological polar surface area (TPSA) is 61.8 Å². The summed E-state index contributed by atoms with van der Waals surface area (Å²) in [4.78, 5) is 25.3. The third-order valence-corrected chi connectivity index (χ3v) is 10.5. The van der Waals surface area contributed by atoms with Crippen molar-refractivity contribution in [1.82, 2.24) is 0 Å². The van der Waals surface area contributed by atoms with Crippen molar-refractivity contribution in [2.75, 3.05) is 19.8 Å². The highest BCUT2D eigenvalue weighted by Gasteiger charge is 2.17. The van der Waals surface area contributed by atoms with Crippen molar-refractivity contribution in [3.05, 3.63) is 122 Å². The van der Waals surface area contributed by atoms with E-state index in [1.807, 2.05) is 0 Å². The van der Waals surface area contributed by atoms with E-state index < -0.39 is 6.10 Å². The molecule has 5 nitrogen and oxygen atoms in total. The predicted octanol–water partition coefficient (Wildman–Crippen LogP) is 17.8. The van der Waals surface area contributed by atoms with Crippen LogP contribution in [-0.4, -0.2) is 37.9 Å². The van der Waals surface area contributed by atoms with Gasteiger partial charge in [0.1, 0.15) is 6.61 Å². The average Bonchev–Trinajstić information content (AvgIpc) is 3.30. The van der Waals surface area contributed by atoms with Crippen LogP contribution in [0, 0.1) is 0 Å². The highest BCUT2D eigenvalue weighted by atomic mass is 16.6. The van der Waals surface area contributed by atoms with Crippen molar-refractivity contribution in [2.45, 2.75) is 219 Å². The first-order valence-corrected chi connectivity index (χ1v) is 26.1. The molecular formula is C59H96O5. The summed E-state index contributed by atoms with van der Waals surface area (Å²) in [7, 11) is 0. The molecule has 0 rings (SSSR count). The molecule has 362 valence electrons. The van der Waals surface area contributed by atoms with Gasteiger partial charge in [-0.2, -0.15) is 0 Å². The Morgan fingerprint density at radius 3 is 1.12 bits per heavy atom. The average molecular weight is 885 g/mol. The van der Waals surface area contributed by atoms with Gasteiger partial charge in [0.25, 0.3) is 0 Å². The van der Waals surface area contributed by atoms with E-state index in [1.54, 1.807) is 0 Å². The normalized spacial score (nSPS) is 13.2. The van der Waals surface area contributed by atoms with Crippen LogP contribution in [0.3, 0.4) is 0 Å². The van der Waals surface area contributed by atoms with Gasteiger partial charge in [0.15, 0.2) is 6.10 Å². The molecule has 0 aromatic heterocycles. The van der Waals surface area contributed by atoms with Gasteiger partial charge >= 0.3 is 11.9 Å². The molecule has 0 N–H and O–H groups in total. The van der Waals surface area contributed by atoms with Gasteiger partial charge in [-0.3, -0.25) is 9.59 Å². The Morgan fingerprint density at radius 2 is 0.703 bits per heavy atom. The Labute approximate surface area is 395 Å². The number of allylic oxidation sites excluding steroid dienone is 20. The molecule has 0 bridgehead atoms. The van der Waals surface area contributed by atoms with E-state index >= 15 is 0 Å². The van der Waals surface area contributed by atoms with Crippen LogP contribution in [0.15, 0.2) is 122 Å². The summed E-state index contributed by atoms with van der Waals surface area (Å²) in [6, 6.07) is 0. The zero-order valence-corrected chi connectivity index (χ0v) is 41.5. The third kappa shape index (κ3) is 50.9. The lowest BCUT2D eigenvalue weighted by Gasteiger charge is -2.18. The standard InChI is InChI=1S/C59H96O5/c1-4-7-10-13-16-19-21-23-25-27-29-31-33-35-37-39-42-45-48-51-54-62-55-57(64-59(61)53-50-47-44-40-18-15-12-9-6-3)56-63-58(60)52-49-46-43-41-38-36-34-32-30-28-26-24-22-20-17-14-11-8-5-2/h7-8,10-11,16-17,19-20,23-26,29-32,35,37,42,45,57H,4-6,9,12-15,18,21-22,27-28,33-34,36,38-41,43-44,46-56H2,1-3H3/b10-7-,11-8-,19-16-,20-17-,25-23-,26-24-,31-29-,32-30-,37-35-,45-42-. The number of rotatable bonds is 46. The molecule has 0 saturated heterocycles. The number of esters is 2. The third-order valence-electron chi connectivity index (χ3n) is 10.5. The zero-order chi connectivity index (χ0) is 46.3. The lowest BCUT2D eigenvalue weighted by atomic mass is 10.1. The van der Waals surface area contributed by atoms with Gasteiger partial charge in [0, 0.05) is 19.4 Å². The first-order chi connectivity index (χ1) is 31.6. The summed E-state index contributed by atoms with van der Waals surface area (Å²) >= 11 is 0. The largest absolute Gasteiger partial charge is 0.462 e. The quantitative estimate of drug-likeness (QED) is 0.0346. The Balaban J connectivity index is 4.33. The molecule has 1 atom stereocenters. The highest BCUT2D eigenvalue weighted by molar-refractivity contribution is 5.70. The van der Waals surface area contributed by atoms with Gasteiger partial charge < -0.3 is 14.2 Å². The van der Waals surface area contributed by atoms with Crippen LogP contribution in [0.4, 0.5) is 0 Å². The van der Waals surface area contributed by atoms with Gasteiger partial charge in [0.05, 0.1) is 6.61 Å². The predicted molar refractivity (Wildman–Crippen MR) is 279 cm³/mol. The van der Waals surface area contributed by atoms with E-state index in [0.29, 0.717) is 19.4 Å². The molecule has 0 heterocycles. The summed E-state index contributed by atoms with van der Waals surface area (Å²) in [5.74, 6) is -0.454. The molecule has 0 aromatic rings. The first kappa shape index (κ1) is 60.3. The monoisotopic (exact) mass is 885 g/mol. The van der Waals surface area contributed by atoms with E-state index in [2.05, 4.69) is 142 Å².